The Hall–Kier alpha value is -3.63. The number of benzene rings is 2. The van der Waals surface area contributed by atoms with Crippen LogP contribution in [0.1, 0.15) is 96.7 Å². The minimum Gasteiger partial charge on any atom is -0.493 e. The fraction of sp³-hybridized carbons (Fsp3) is 0.595. The molecule has 4 aliphatic rings. The number of rotatable bonds is 14. The van der Waals surface area contributed by atoms with Crippen LogP contribution in [0.2, 0.25) is 0 Å². The molecule has 3 atom stereocenters. The van der Waals surface area contributed by atoms with E-state index in [-0.39, 0.29) is 17.7 Å². The highest BCUT2D eigenvalue weighted by Gasteiger charge is 2.49. The second-order valence-electron chi connectivity index (χ2n) is 13.3. The summed E-state index contributed by atoms with van der Waals surface area (Å²) >= 11 is 0. The molecular weight excluding hydrogens is 596 g/mol. The van der Waals surface area contributed by atoms with Crippen LogP contribution in [0.15, 0.2) is 36.4 Å². The van der Waals surface area contributed by atoms with Gasteiger partial charge in [0.25, 0.3) is 11.8 Å². The summed E-state index contributed by atoms with van der Waals surface area (Å²) < 4.78 is 16.4. The summed E-state index contributed by atoms with van der Waals surface area (Å²) in [6, 6.07) is 11.6. The van der Waals surface area contributed by atoms with E-state index >= 15 is 0 Å². The summed E-state index contributed by atoms with van der Waals surface area (Å²) in [4.78, 5) is 49.7. The van der Waals surface area contributed by atoms with Crippen molar-refractivity contribution in [2.75, 3.05) is 65.6 Å². The zero-order valence-corrected chi connectivity index (χ0v) is 28.2. The second kappa shape index (κ2) is 15.1. The average molecular weight is 647 g/mol. The van der Waals surface area contributed by atoms with Gasteiger partial charge in [0, 0.05) is 51.4 Å². The molecule has 254 valence electrons. The SMILES string of the molecule is COCCCN(C[C@@H]1CCCN2CCCC[C@H]12)C(=O)CCCCCN1C(=O)c2ccccc2N2C(=O)c3c(ccc(OC)c3OC)C12. The van der Waals surface area contributed by atoms with Crippen LogP contribution in [0, 0.1) is 5.92 Å². The van der Waals surface area contributed by atoms with Gasteiger partial charge in [-0.05, 0) is 82.2 Å². The molecule has 0 aliphatic carbocycles. The highest BCUT2D eigenvalue weighted by Crippen LogP contribution is 2.49. The highest BCUT2D eigenvalue weighted by molar-refractivity contribution is 6.18. The van der Waals surface area contributed by atoms with Crippen molar-refractivity contribution in [3.8, 4) is 11.5 Å². The number of methoxy groups -OCH3 is 3. The molecule has 0 saturated carbocycles. The Kier molecular flexibility index (Phi) is 10.7. The first-order valence-electron chi connectivity index (χ1n) is 17.5. The first-order chi connectivity index (χ1) is 23.0. The summed E-state index contributed by atoms with van der Waals surface area (Å²) in [5.74, 6) is 1.32. The van der Waals surface area contributed by atoms with E-state index in [1.165, 1.54) is 52.3 Å². The average Bonchev–Trinajstić information content (AvgIpc) is 3.40. The smallest absolute Gasteiger partial charge is 0.264 e. The van der Waals surface area contributed by atoms with Crippen LogP contribution in [0.3, 0.4) is 0 Å². The van der Waals surface area contributed by atoms with Gasteiger partial charge in [-0.25, -0.2) is 0 Å². The van der Waals surface area contributed by atoms with Gasteiger partial charge >= 0.3 is 0 Å². The summed E-state index contributed by atoms with van der Waals surface area (Å²) in [5, 5.41) is 0. The quantitative estimate of drug-likeness (QED) is 0.250. The monoisotopic (exact) mass is 646 g/mol. The van der Waals surface area contributed by atoms with Gasteiger partial charge in [-0.3, -0.25) is 19.3 Å². The maximum absolute atomic E-state index is 13.9. The lowest BCUT2D eigenvalue weighted by Crippen LogP contribution is -2.51. The number of piperidine rings is 2. The van der Waals surface area contributed by atoms with E-state index < -0.39 is 6.17 Å². The lowest BCUT2D eigenvalue weighted by molar-refractivity contribution is -0.133. The van der Waals surface area contributed by atoms with Crippen molar-refractivity contribution in [1.29, 1.82) is 0 Å². The highest BCUT2D eigenvalue weighted by atomic mass is 16.5. The normalized spacial score (nSPS) is 22.0. The summed E-state index contributed by atoms with van der Waals surface area (Å²) in [6.07, 6.45) is 9.32. The Labute approximate surface area is 278 Å². The van der Waals surface area contributed by atoms with Gasteiger partial charge < -0.3 is 28.9 Å². The number of anilines is 1. The topological polar surface area (TPSA) is 91.9 Å². The fourth-order valence-electron chi connectivity index (χ4n) is 8.34. The number of ether oxygens (including phenoxy) is 3. The third-order valence-corrected chi connectivity index (χ3v) is 10.6. The van der Waals surface area contributed by atoms with Crippen LogP contribution in [0.25, 0.3) is 0 Å². The molecule has 2 saturated heterocycles. The first-order valence-corrected chi connectivity index (χ1v) is 17.5. The van der Waals surface area contributed by atoms with E-state index in [1.54, 1.807) is 36.2 Å². The number of unbranched alkanes of at least 4 members (excludes halogenated alkanes) is 2. The second-order valence-corrected chi connectivity index (χ2v) is 13.3. The van der Waals surface area contributed by atoms with E-state index in [0.29, 0.717) is 59.8 Å². The van der Waals surface area contributed by atoms with E-state index in [0.717, 1.165) is 44.3 Å². The van der Waals surface area contributed by atoms with Gasteiger partial charge in [0.1, 0.15) is 6.17 Å². The van der Waals surface area contributed by atoms with Gasteiger partial charge in [0.05, 0.1) is 31.0 Å². The Morgan fingerprint density at radius 1 is 0.894 bits per heavy atom. The largest absolute Gasteiger partial charge is 0.493 e. The van der Waals surface area contributed by atoms with Crippen molar-refractivity contribution < 1.29 is 28.6 Å². The predicted octanol–water partition coefficient (Wildman–Crippen LogP) is 5.51. The standard InChI is InChI=1S/C37H50N4O6/c1-45-24-12-22-39(25-26-13-11-21-38-20-10-8-15-29(26)38)32(42)17-5-4-9-23-40-35-28-18-19-31(46-2)34(47-3)33(28)37(44)41(35)30-16-7-6-14-27(30)36(40)43/h6-7,14,16,18-19,26,29,35H,4-5,8-13,15,17,20-25H2,1-3H3/t26-,29+,35?/m0/s1. The molecule has 47 heavy (non-hydrogen) atoms. The van der Waals surface area contributed by atoms with Crippen LogP contribution < -0.4 is 14.4 Å². The van der Waals surface area contributed by atoms with Gasteiger partial charge in [-0.2, -0.15) is 0 Å². The molecule has 10 nitrogen and oxygen atoms in total. The van der Waals surface area contributed by atoms with Gasteiger partial charge in [0.15, 0.2) is 11.5 Å². The zero-order chi connectivity index (χ0) is 32.9. The van der Waals surface area contributed by atoms with Crippen LogP contribution in [-0.2, 0) is 9.53 Å². The molecule has 0 radical (unpaired) electrons. The van der Waals surface area contributed by atoms with Crippen LogP contribution in [0.4, 0.5) is 5.69 Å². The Bertz CT molecular complexity index is 1450. The van der Waals surface area contributed by atoms with Crippen molar-refractivity contribution in [2.24, 2.45) is 5.92 Å². The molecule has 2 fully saturated rings. The van der Waals surface area contributed by atoms with E-state index in [9.17, 15) is 14.4 Å². The van der Waals surface area contributed by atoms with Crippen LogP contribution in [0.5, 0.6) is 11.5 Å². The van der Waals surface area contributed by atoms with Crippen molar-refractivity contribution in [2.45, 2.75) is 76.4 Å². The summed E-state index contributed by atoms with van der Waals surface area (Å²) in [6.45, 7) is 5.09. The van der Waals surface area contributed by atoms with E-state index in [2.05, 4.69) is 9.80 Å². The number of amides is 3. The van der Waals surface area contributed by atoms with Crippen LogP contribution >= 0.6 is 0 Å². The molecule has 6 rings (SSSR count). The number of para-hydroxylation sites is 1. The van der Waals surface area contributed by atoms with Crippen molar-refractivity contribution >= 4 is 23.4 Å². The number of hydrogen-bond donors (Lipinski definition) is 0. The number of nitrogens with zero attached hydrogens (tertiary/aromatic N) is 4. The first kappa shape index (κ1) is 33.3. The molecule has 2 aromatic carbocycles. The van der Waals surface area contributed by atoms with E-state index in [4.69, 9.17) is 14.2 Å². The molecule has 0 aromatic heterocycles. The summed E-state index contributed by atoms with van der Waals surface area (Å²) in [5.41, 5.74) is 2.28. The molecule has 0 bridgehead atoms. The molecular formula is C37H50N4O6. The molecule has 10 heteroatoms. The summed E-state index contributed by atoms with van der Waals surface area (Å²) in [7, 11) is 4.79. The van der Waals surface area contributed by atoms with Crippen molar-refractivity contribution in [1.82, 2.24) is 14.7 Å². The number of carbonyl (C=O) groups is 3. The third-order valence-electron chi connectivity index (χ3n) is 10.6. The predicted molar refractivity (Wildman–Crippen MR) is 180 cm³/mol. The van der Waals surface area contributed by atoms with Gasteiger partial charge in [-0.1, -0.05) is 31.0 Å². The lowest BCUT2D eigenvalue weighted by Gasteiger charge is -2.45. The number of hydrogen-bond acceptors (Lipinski definition) is 7. The molecule has 0 N–H and O–H groups in total. The fourth-order valence-corrected chi connectivity index (χ4v) is 8.34. The number of fused-ring (bicyclic) bond motifs is 6. The van der Waals surface area contributed by atoms with Gasteiger partial charge in [-0.15, -0.1) is 0 Å². The maximum atomic E-state index is 13.9. The molecule has 4 aliphatic heterocycles. The van der Waals surface area contributed by atoms with Gasteiger partial charge in [0.2, 0.25) is 5.91 Å². The molecule has 0 spiro atoms. The minimum absolute atomic E-state index is 0.0954. The molecule has 1 unspecified atom stereocenters. The van der Waals surface area contributed by atoms with Crippen molar-refractivity contribution in [3.05, 3.63) is 53.1 Å². The molecule has 2 aromatic rings. The number of carbonyl (C=O) groups excluding carboxylic acids is 3. The maximum Gasteiger partial charge on any atom is 0.264 e. The minimum atomic E-state index is -0.563. The molecule has 4 heterocycles. The molecule has 3 amide bonds. The van der Waals surface area contributed by atoms with E-state index in [1.807, 2.05) is 24.3 Å². The third kappa shape index (κ3) is 6.59. The Morgan fingerprint density at radius 3 is 2.53 bits per heavy atom. The lowest BCUT2D eigenvalue weighted by atomic mass is 9.83. The van der Waals surface area contributed by atoms with Crippen LogP contribution in [-0.4, -0.2) is 99.1 Å². The van der Waals surface area contributed by atoms with Crippen molar-refractivity contribution in [3.63, 3.8) is 0 Å². The zero-order valence-electron chi connectivity index (χ0n) is 28.2. The Morgan fingerprint density at radius 2 is 1.72 bits per heavy atom. The Balaban J connectivity index is 1.11.